The van der Waals surface area contributed by atoms with Gasteiger partial charge in [-0.15, -0.1) is 26.3 Å². The molecule has 0 heterocycles. The Morgan fingerprint density at radius 1 is 0.104 bits per heavy atom. The average molecular weight is 1440 g/mol. The lowest BCUT2D eigenvalue weighted by Crippen LogP contribution is -1.93. The molecule has 0 aliphatic rings. The fourth-order valence-electron chi connectivity index (χ4n) is 0. The molecule has 0 saturated heterocycles. The van der Waals surface area contributed by atoms with E-state index in [1.807, 2.05) is 582 Å². The van der Waals surface area contributed by atoms with Crippen molar-refractivity contribution in [2.24, 2.45) is 5.41 Å². The van der Waals surface area contributed by atoms with Crippen LogP contribution in [-0.4, -0.2) is 0 Å². The molecular weight excluding hydrogens is 1150 g/mol. The Hall–Kier alpha value is -0.520. The number of hydrogen-bond acceptors (Lipinski definition) is 0. The summed E-state index contributed by atoms with van der Waals surface area (Å²) < 4.78 is 0. The van der Waals surface area contributed by atoms with E-state index in [1.165, 1.54) is 6.42 Å². The molecule has 664 valence electrons. The van der Waals surface area contributed by atoms with Crippen LogP contribution >= 0.6 is 0 Å². The smallest absolute Gasteiger partial charge is 0.0411 e. The molecule has 0 saturated carbocycles. The fraction of sp³-hybridized carbons (Fsp3) is 0.958. The van der Waals surface area contributed by atoms with Gasteiger partial charge in [-0.05, 0) is 5.41 Å². The first kappa shape index (κ1) is 348. The fourth-order valence-corrected chi connectivity index (χ4v) is 0. The molecule has 0 N–H and O–H groups in total. The predicted molar refractivity (Wildman–Crippen MR) is 540 cm³/mol. The maximum Gasteiger partial charge on any atom is -0.0411 e. The summed E-state index contributed by atoms with van der Waals surface area (Å²) in [4.78, 5) is 0. The minimum Gasteiger partial charge on any atom is -0.106 e. The largest absolute Gasteiger partial charge is 0.106 e. The molecular formula is C96H280. The standard InChI is InChI=1S/C5H12.C3H8.42C2H6.2C2H4/c1-5(2,3)4;1-3-2;44*1-2/h1-4H3;3H2,1-2H3;42*1-2H3;2*1-2H2. The zero-order valence-corrected chi connectivity index (χ0v) is 94.0. The molecule has 0 bridgehead atoms. The second-order valence-corrected chi connectivity index (χ2v) is 3.71. The van der Waals surface area contributed by atoms with Crippen LogP contribution in [0.15, 0.2) is 26.3 Å². The van der Waals surface area contributed by atoms with Crippen LogP contribution in [0, 0.1) is 5.41 Å². The summed E-state index contributed by atoms with van der Waals surface area (Å²) in [5, 5.41) is 0. The zero-order chi connectivity index (χ0) is 95.2. The molecule has 0 aliphatic heterocycles. The Morgan fingerprint density at radius 2 is 0.104 bits per heavy atom. The van der Waals surface area contributed by atoms with Gasteiger partial charge in [0.15, 0.2) is 0 Å². The molecule has 0 heteroatoms. The summed E-state index contributed by atoms with van der Waals surface area (Å²) in [6.45, 7) is 193. The van der Waals surface area contributed by atoms with Crippen LogP contribution in [-0.2, 0) is 0 Å². The van der Waals surface area contributed by atoms with E-state index in [1.54, 1.807) is 0 Å². The molecule has 0 unspecified atom stereocenters. The molecule has 96 heavy (non-hydrogen) atoms. The van der Waals surface area contributed by atoms with Crippen LogP contribution in [0.2, 0.25) is 0 Å². The highest BCUT2D eigenvalue weighted by atomic mass is 14.0. The maximum absolute atomic E-state index is 3.00. The Bertz CT molecular complexity index is 39.5. The molecule has 0 rings (SSSR count). The van der Waals surface area contributed by atoms with Crippen molar-refractivity contribution in [2.75, 3.05) is 0 Å². The highest BCUT2D eigenvalue weighted by molar-refractivity contribution is 4.47. The highest BCUT2D eigenvalue weighted by Crippen LogP contribution is 2.08. The number of rotatable bonds is 0. The average Bonchev–Trinajstić information content (AvgIpc) is 3.80. The van der Waals surface area contributed by atoms with Gasteiger partial charge in [0.1, 0.15) is 0 Å². The van der Waals surface area contributed by atoms with E-state index in [0.29, 0.717) is 5.41 Å². The van der Waals surface area contributed by atoms with Crippen molar-refractivity contribution in [1.82, 2.24) is 0 Å². The van der Waals surface area contributed by atoms with Crippen molar-refractivity contribution in [3.05, 3.63) is 26.3 Å². The van der Waals surface area contributed by atoms with E-state index in [-0.39, 0.29) is 0 Å². The summed E-state index contributed by atoms with van der Waals surface area (Å²) in [5.41, 5.74) is 0.500. The Labute approximate surface area is 657 Å². The lowest BCUT2D eigenvalue weighted by Gasteiger charge is -2.05. The third-order valence-electron chi connectivity index (χ3n) is 0. The summed E-state index contributed by atoms with van der Waals surface area (Å²) in [5.74, 6) is 0. The Morgan fingerprint density at radius 3 is 0.104 bits per heavy atom. The lowest BCUT2D eigenvalue weighted by molar-refractivity contribution is 0.469. The molecule has 0 aromatic carbocycles. The van der Waals surface area contributed by atoms with Crippen molar-refractivity contribution in [1.29, 1.82) is 0 Å². The lowest BCUT2D eigenvalue weighted by atomic mass is 10.0. The third-order valence-corrected chi connectivity index (χ3v) is 0. The van der Waals surface area contributed by atoms with Gasteiger partial charge >= 0.3 is 0 Å². The quantitative estimate of drug-likeness (QED) is 0.212. The molecule has 0 amide bonds. The minimum absolute atomic E-state index is 0.500. The molecule has 0 spiro atoms. The molecule has 0 radical (unpaired) electrons. The van der Waals surface area contributed by atoms with Crippen molar-refractivity contribution < 1.29 is 0 Å². The van der Waals surface area contributed by atoms with Crippen molar-refractivity contribution in [3.63, 3.8) is 0 Å². The maximum atomic E-state index is 3.00. The predicted octanol–water partition coefficient (Wildman–Crippen LogP) is 48.2. The second-order valence-electron chi connectivity index (χ2n) is 3.71. The van der Waals surface area contributed by atoms with Gasteiger partial charge in [-0.1, -0.05) is 630 Å². The summed E-state index contributed by atoms with van der Waals surface area (Å²) in [7, 11) is 0. The molecule has 0 fully saturated rings. The minimum atomic E-state index is 0.500. The van der Waals surface area contributed by atoms with Gasteiger partial charge in [0.25, 0.3) is 0 Å². The molecule has 0 nitrogen and oxygen atoms in total. The van der Waals surface area contributed by atoms with E-state index in [4.69, 9.17) is 0 Å². The van der Waals surface area contributed by atoms with Crippen LogP contribution in [0.25, 0.3) is 0 Å². The summed E-state index contributed by atoms with van der Waals surface area (Å²) in [6, 6.07) is 0. The third kappa shape index (κ3) is 2960000. The van der Waals surface area contributed by atoms with Gasteiger partial charge in [-0.2, -0.15) is 0 Å². The first-order chi connectivity index (χ1) is 47.4. The topological polar surface area (TPSA) is 0 Å². The first-order valence-electron chi connectivity index (χ1n) is 46.4. The van der Waals surface area contributed by atoms with Gasteiger partial charge in [-0.25, -0.2) is 0 Å². The Kier molecular flexibility index (Phi) is 71300. The van der Waals surface area contributed by atoms with Gasteiger partial charge in [0.2, 0.25) is 0 Å². The van der Waals surface area contributed by atoms with Gasteiger partial charge in [0, 0.05) is 0 Å². The van der Waals surface area contributed by atoms with Crippen LogP contribution in [0.1, 0.15) is 630 Å². The van der Waals surface area contributed by atoms with E-state index >= 15 is 0 Å². The molecule has 0 aliphatic carbocycles. The van der Waals surface area contributed by atoms with E-state index in [2.05, 4.69) is 67.9 Å². The summed E-state index contributed by atoms with van der Waals surface area (Å²) >= 11 is 0. The SMILES string of the molecule is C=C.C=C.CC.CC.CC.CC.CC.CC.CC.CC.CC.CC.CC.CC.CC.CC.CC.CC.CC.CC.CC.CC.CC.CC.CC.CC.CC.CC.CC.CC.CC.CC.CC.CC.CC.CC.CC.CC.CC.CC.CC.CC.CC.CC.CC(C)(C)C.CCC. The first-order valence-corrected chi connectivity index (χ1v) is 46.4. The van der Waals surface area contributed by atoms with Crippen LogP contribution in [0.5, 0.6) is 0 Å². The van der Waals surface area contributed by atoms with Crippen LogP contribution in [0.3, 0.4) is 0 Å². The van der Waals surface area contributed by atoms with E-state index in [9.17, 15) is 0 Å². The van der Waals surface area contributed by atoms with Crippen molar-refractivity contribution in [3.8, 4) is 0 Å². The molecule has 0 atom stereocenters. The molecule has 0 aromatic rings. The van der Waals surface area contributed by atoms with Gasteiger partial charge in [-0.3, -0.25) is 0 Å². The van der Waals surface area contributed by atoms with Gasteiger partial charge in [0.05, 0.1) is 0 Å². The monoisotopic (exact) mass is 1430 g/mol. The van der Waals surface area contributed by atoms with Crippen molar-refractivity contribution >= 4 is 0 Å². The van der Waals surface area contributed by atoms with Crippen LogP contribution in [0.4, 0.5) is 0 Å². The van der Waals surface area contributed by atoms with Crippen molar-refractivity contribution in [2.45, 2.75) is 630 Å². The van der Waals surface area contributed by atoms with Crippen LogP contribution < -0.4 is 0 Å². The van der Waals surface area contributed by atoms with Gasteiger partial charge < -0.3 is 0 Å². The zero-order valence-electron chi connectivity index (χ0n) is 94.0. The van der Waals surface area contributed by atoms with E-state index in [0.717, 1.165) is 0 Å². The normalized spacial score (nSPS) is 3.52. The van der Waals surface area contributed by atoms with E-state index < -0.39 is 0 Å². The molecule has 0 aromatic heterocycles. The second kappa shape index (κ2) is 19700. The Balaban J connectivity index is -0.00000000606. The summed E-state index contributed by atoms with van der Waals surface area (Å²) in [6.07, 6.45) is 1.25. The number of hydrogen-bond donors (Lipinski definition) is 0. The highest BCUT2D eigenvalue weighted by Gasteiger charge is 1.95.